The Balaban J connectivity index is 1.50. The van der Waals surface area contributed by atoms with Gasteiger partial charge in [0.2, 0.25) is 5.13 Å². The molecule has 9 nitrogen and oxygen atoms in total. The number of nitrogens with zero attached hydrogens (tertiary/aromatic N) is 3. The molecule has 4 aromatic rings. The van der Waals surface area contributed by atoms with Crippen LogP contribution in [0.4, 0.5) is 5.13 Å². The lowest BCUT2D eigenvalue weighted by Gasteiger charge is -2.08. The highest BCUT2D eigenvalue weighted by Gasteiger charge is 2.18. The molecule has 0 unspecified atom stereocenters. The Kier molecular flexibility index (Phi) is 7.62. The third-order valence-electron chi connectivity index (χ3n) is 5.03. The zero-order chi connectivity index (χ0) is 26.4. The molecule has 1 aromatic heterocycles. The van der Waals surface area contributed by atoms with E-state index in [9.17, 15) is 18.5 Å². The predicted octanol–water partition coefficient (Wildman–Crippen LogP) is 4.84. The van der Waals surface area contributed by atoms with Crippen LogP contribution in [0, 0.1) is 18.3 Å². The van der Waals surface area contributed by atoms with Crippen molar-refractivity contribution in [2.45, 2.75) is 11.8 Å². The number of hydrogen-bond acceptors (Lipinski definition) is 9. The molecule has 37 heavy (non-hydrogen) atoms. The largest absolute Gasteiger partial charge is 0.496 e. The number of methoxy groups -OCH3 is 1. The minimum Gasteiger partial charge on any atom is -0.496 e. The number of anilines is 1. The average Bonchev–Trinajstić information content (AvgIpc) is 3.35. The Hall–Kier alpha value is -4.53. The fourth-order valence-electron chi connectivity index (χ4n) is 3.22. The molecule has 0 bridgehead atoms. The van der Waals surface area contributed by atoms with Gasteiger partial charge in [-0.3, -0.25) is 10.1 Å². The van der Waals surface area contributed by atoms with Crippen LogP contribution in [-0.4, -0.2) is 31.6 Å². The molecular formula is C26H20N4O5S2. The maximum absolute atomic E-state index is 12.7. The van der Waals surface area contributed by atoms with Gasteiger partial charge in [0.25, 0.3) is 5.91 Å². The van der Waals surface area contributed by atoms with Crippen LogP contribution in [0.1, 0.15) is 11.1 Å². The number of aryl methyl sites for hydroxylation is 1. The standard InChI is InChI=1S/C26H20N4O5S2/c1-17-10-12-21(13-11-17)37(32,33)35-20-7-5-6-18(15-20)14-19(16-27)24(31)28-26-30-29-25(36-26)22-8-3-4-9-23(22)34-2/h3-15H,1-2H3,(H,28,30,31)/b19-14+. The van der Waals surface area contributed by atoms with Crippen molar-refractivity contribution in [1.29, 1.82) is 5.26 Å². The van der Waals surface area contributed by atoms with E-state index in [1.807, 2.05) is 31.2 Å². The number of amides is 1. The number of aromatic nitrogens is 2. The highest BCUT2D eigenvalue weighted by atomic mass is 32.2. The molecule has 0 aliphatic rings. The lowest BCUT2D eigenvalue weighted by Crippen LogP contribution is -2.13. The first-order valence-electron chi connectivity index (χ1n) is 10.8. The van der Waals surface area contributed by atoms with Crippen molar-refractivity contribution in [2.24, 2.45) is 0 Å². The Morgan fingerprint density at radius 2 is 1.81 bits per heavy atom. The van der Waals surface area contributed by atoms with Gasteiger partial charge in [-0.05, 0) is 55.0 Å². The van der Waals surface area contributed by atoms with Gasteiger partial charge in [-0.2, -0.15) is 13.7 Å². The normalized spacial score (nSPS) is 11.4. The van der Waals surface area contributed by atoms with Crippen LogP contribution >= 0.6 is 11.3 Å². The second kappa shape index (κ2) is 11.0. The zero-order valence-electron chi connectivity index (χ0n) is 19.7. The van der Waals surface area contributed by atoms with Crippen molar-refractivity contribution >= 4 is 38.6 Å². The molecule has 0 aliphatic heterocycles. The van der Waals surface area contributed by atoms with Crippen molar-refractivity contribution in [2.75, 3.05) is 12.4 Å². The molecule has 3 aromatic carbocycles. The van der Waals surface area contributed by atoms with Crippen molar-refractivity contribution in [3.05, 3.63) is 89.5 Å². The van der Waals surface area contributed by atoms with Crippen molar-refractivity contribution in [1.82, 2.24) is 10.2 Å². The van der Waals surface area contributed by atoms with Crippen LogP contribution in [0.5, 0.6) is 11.5 Å². The Morgan fingerprint density at radius 3 is 2.54 bits per heavy atom. The molecular weight excluding hydrogens is 512 g/mol. The molecule has 4 rings (SSSR count). The summed E-state index contributed by atoms with van der Waals surface area (Å²) in [7, 11) is -2.51. The maximum atomic E-state index is 12.7. The number of benzene rings is 3. The van der Waals surface area contributed by atoms with Gasteiger partial charge in [0.05, 0.1) is 12.7 Å². The molecule has 0 aliphatic carbocycles. The molecule has 0 saturated heterocycles. The first-order chi connectivity index (χ1) is 17.8. The maximum Gasteiger partial charge on any atom is 0.339 e. The van der Waals surface area contributed by atoms with E-state index in [0.29, 0.717) is 16.3 Å². The first-order valence-corrected chi connectivity index (χ1v) is 13.0. The smallest absolute Gasteiger partial charge is 0.339 e. The summed E-state index contributed by atoms with van der Waals surface area (Å²) in [5, 5.41) is 20.9. The van der Waals surface area contributed by atoms with Crippen LogP contribution in [0.15, 0.2) is 83.3 Å². The summed E-state index contributed by atoms with van der Waals surface area (Å²) in [6, 6.07) is 21.4. The van der Waals surface area contributed by atoms with E-state index in [4.69, 9.17) is 8.92 Å². The van der Waals surface area contributed by atoms with Gasteiger partial charge in [-0.1, -0.05) is 53.3 Å². The summed E-state index contributed by atoms with van der Waals surface area (Å²) in [5.74, 6) is -0.0398. The fourth-order valence-corrected chi connectivity index (χ4v) is 4.91. The van der Waals surface area contributed by atoms with E-state index in [1.54, 1.807) is 37.4 Å². The number of nitrogens with one attached hydrogen (secondary N) is 1. The van der Waals surface area contributed by atoms with Gasteiger partial charge in [0.1, 0.15) is 28.0 Å². The molecule has 1 N–H and O–H groups in total. The van der Waals surface area contributed by atoms with Crippen molar-refractivity contribution in [3.63, 3.8) is 0 Å². The highest BCUT2D eigenvalue weighted by Crippen LogP contribution is 2.33. The van der Waals surface area contributed by atoms with Crippen LogP contribution in [0.25, 0.3) is 16.6 Å². The Bertz CT molecular complexity index is 1620. The van der Waals surface area contributed by atoms with E-state index < -0.39 is 16.0 Å². The summed E-state index contributed by atoms with van der Waals surface area (Å²) >= 11 is 1.13. The summed E-state index contributed by atoms with van der Waals surface area (Å²) < 4.78 is 35.7. The topological polar surface area (TPSA) is 131 Å². The fraction of sp³-hybridized carbons (Fsp3) is 0.0769. The molecule has 0 fully saturated rings. The zero-order valence-corrected chi connectivity index (χ0v) is 21.3. The minimum absolute atomic E-state index is 0.0145. The van der Waals surface area contributed by atoms with Gasteiger partial charge in [-0.15, -0.1) is 10.2 Å². The molecule has 186 valence electrons. The van der Waals surface area contributed by atoms with E-state index in [0.717, 1.165) is 22.5 Å². The van der Waals surface area contributed by atoms with Crippen molar-refractivity contribution < 1.29 is 22.1 Å². The summed E-state index contributed by atoms with van der Waals surface area (Å²) in [5.41, 5.74) is 1.82. The molecule has 1 heterocycles. The molecule has 0 spiro atoms. The monoisotopic (exact) mass is 532 g/mol. The third kappa shape index (κ3) is 6.19. The molecule has 0 radical (unpaired) electrons. The SMILES string of the molecule is COc1ccccc1-c1nnc(NC(=O)/C(C#N)=C/c2cccc(OS(=O)(=O)c3ccc(C)cc3)c2)s1. The van der Waals surface area contributed by atoms with E-state index in [1.165, 1.54) is 30.3 Å². The quantitative estimate of drug-likeness (QED) is 0.194. The minimum atomic E-state index is -4.05. The van der Waals surface area contributed by atoms with Crippen LogP contribution in [-0.2, 0) is 14.9 Å². The Labute approximate surface area is 217 Å². The molecule has 11 heteroatoms. The van der Waals surface area contributed by atoms with Crippen LogP contribution < -0.4 is 14.2 Å². The second-order valence-electron chi connectivity index (χ2n) is 7.66. The van der Waals surface area contributed by atoms with Crippen molar-refractivity contribution in [3.8, 4) is 28.1 Å². The number of hydrogen-bond donors (Lipinski definition) is 1. The number of carbonyl (C=O) groups excluding carboxylic acids is 1. The third-order valence-corrected chi connectivity index (χ3v) is 7.17. The van der Waals surface area contributed by atoms with Crippen LogP contribution in [0.3, 0.4) is 0 Å². The first kappa shape index (κ1) is 25.6. The number of nitriles is 1. The molecule has 0 saturated carbocycles. The number of para-hydroxylation sites is 1. The summed E-state index contributed by atoms with van der Waals surface area (Å²) in [6.45, 7) is 1.85. The summed E-state index contributed by atoms with van der Waals surface area (Å²) in [6.07, 6.45) is 1.32. The number of rotatable bonds is 8. The lowest BCUT2D eigenvalue weighted by molar-refractivity contribution is -0.112. The number of carbonyl (C=O) groups is 1. The van der Waals surface area contributed by atoms with E-state index in [-0.39, 0.29) is 21.3 Å². The lowest BCUT2D eigenvalue weighted by atomic mass is 10.1. The van der Waals surface area contributed by atoms with Gasteiger partial charge in [-0.25, -0.2) is 0 Å². The van der Waals surface area contributed by atoms with Gasteiger partial charge < -0.3 is 8.92 Å². The molecule has 1 amide bonds. The highest BCUT2D eigenvalue weighted by molar-refractivity contribution is 7.87. The van der Waals surface area contributed by atoms with Crippen LogP contribution in [0.2, 0.25) is 0 Å². The Morgan fingerprint density at radius 1 is 1.05 bits per heavy atom. The molecule has 0 atom stereocenters. The number of ether oxygens (including phenoxy) is 1. The van der Waals surface area contributed by atoms with Gasteiger partial charge in [0.15, 0.2) is 5.01 Å². The van der Waals surface area contributed by atoms with Gasteiger partial charge in [0, 0.05) is 0 Å². The van der Waals surface area contributed by atoms with E-state index >= 15 is 0 Å². The second-order valence-corrected chi connectivity index (χ2v) is 10.2. The average molecular weight is 533 g/mol. The predicted molar refractivity (Wildman–Crippen MR) is 140 cm³/mol. The van der Waals surface area contributed by atoms with E-state index in [2.05, 4.69) is 15.5 Å². The summed E-state index contributed by atoms with van der Waals surface area (Å²) in [4.78, 5) is 12.7. The van der Waals surface area contributed by atoms with Gasteiger partial charge >= 0.3 is 10.1 Å².